The van der Waals surface area contributed by atoms with Gasteiger partial charge < -0.3 is 0 Å². The lowest BCUT2D eigenvalue weighted by Crippen LogP contribution is -1.97. The molecule has 0 saturated heterocycles. The Hall–Kier alpha value is -1.76. The van der Waals surface area contributed by atoms with Crippen LogP contribution in [0.2, 0.25) is 0 Å². The van der Waals surface area contributed by atoms with Crippen molar-refractivity contribution in [3.63, 3.8) is 0 Å². The fraction of sp³-hybridized carbons (Fsp3) is 0.455. The van der Waals surface area contributed by atoms with E-state index < -0.39 is 0 Å². The number of hydrogen-bond acceptors (Lipinski definition) is 5. The van der Waals surface area contributed by atoms with Crippen LogP contribution in [0.25, 0.3) is 15.5 Å². The summed E-state index contributed by atoms with van der Waals surface area (Å²) >= 11 is 1.54. The molecule has 0 unspecified atom stereocenters. The maximum atomic E-state index is 4.60. The first kappa shape index (κ1) is 11.3. The number of hydrogen-bond donors (Lipinski definition) is 0. The first-order valence-electron chi connectivity index (χ1n) is 5.79. The normalized spacial score (nSPS) is 11.8. The van der Waals surface area contributed by atoms with Gasteiger partial charge in [-0.25, -0.2) is 0 Å². The van der Waals surface area contributed by atoms with Crippen molar-refractivity contribution in [1.29, 1.82) is 0 Å². The minimum atomic E-state index is 0.310. The number of aryl methyl sites for hydroxylation is 2. The summed E-state index contributed by atoms with van der Waals surface area (Å²) in [6, 6.07) is 0. The Morgan fingerprint density at radius 2 is 2.00 bits per heavy atom. The fourth-order valence-corrected chi connectivity index (χ4v) is 2.82. The average Bonchev–Trinajstić information content (AvgIpc) is 2.90. The minimum Gasteiger partial charge on any atom is -0.275 e. The summed E-state index contributed by atoms with van der Waals surface area (Å²) in [5.41, 5.74) is 2.04. The van der Waals surface area contributed by atoms with E-state index >= 15 is 0 Å². The lowest BCUT2D eigenvalue weighted by molar-refractivity contribution is 0.727. The minimum absolute atomic E-state index is 0.310. The van der Waals surface area contributed by atoms with Gasteiger partial charge in [0.1, 0.15) is 0 Å². The van der Waals surface area contributed by atoms with Crippen LogP contribution < -0.4 is 0 Å². The van der Waals surface area contributed by atoms with Crippen molar-refractivity contribution in [2.45, 2.75) is 26.7 Å². The highest BCUT2D eigenvalue weighted by Gasteiger charge is 2.17. The van der Waals surface area contributed by atoms with Crippen molar-refractivity contribution in [3.8, 4) is 10.6 Å². The summed E-state index contributed by atoms with van der Waals surface area (Å²) in [5, 5.41) is 18.2. The summed E-state index contributed by atoms with van der Waals surface area (Å²) in [6.45, 7) is 6.16. The Labute approximate surface area is 108 Å². The molecular weight excluding hydrogens is 248 g/mol. The molecule has 3 aromatic rings. The molecule has 3 aromatic heterocycles. The molecule has 6 nitrogen and oxygen atoms in total. The molecule has 0 aliphatic rings. The third kappa shape index (κ3) is 1.62. The molecule has 7 heteroatoms. The van der Waals surface area contributed by atoms with E-state index in [9.17, 15) is 0 Å². The van der Waals surface area contributed by atoms with Crippen LogP contribution in [-0.4, -0.2) is 29.6 Å². The molecule has 0 saturated carbocycles. The second-order valence-corrected chi connectivity index (χ2v) is 5.57. The summed E-state index contributed by atoms with van der Waals surface area (Å²) < 4.78 is 3.63. The highest BCUT2D eigenvalue weighted by Crippen LogP contribution is 2.28. The molecule has 0 aliphatic heterocycles. The van der Waals surface area contributed by atoms with Crippen molar-refractivity contribution < 1.29 is 0 Å². The zero-order chi connectivity index (χ0) is 12.9. The van der Waals surface area contributed by atoms with Crippen LogP contribution in [0, 0.1) is 6.92 Å². The van der Waals surface area contributed by atoms with E-state index in [0.717, 1.165) is 27.1 Å². The molecule has 0 bridgehead atoms. The van der Waals surface area contributed by atoms with Crippen LogP contribution in [0.1, 0.15) is 31.3 Å². The maximum absolute atomic E-state index is 4.60. The molecule has 0 spiro atoms. The molecule has 0 N–H and O–H groups in total. The molecular formula is C11H14N6S. The van der Waals surface area contributed by atoms with Crippen molar-refractivity contribution in [2.24, 2.45) is 7.05 Å². The van der Waals surface area contributed by atoms with E-state index in [-0.39, 0.29) is 0 Å². The number of aromatic nitrogens is 6. The monoisotopic (exact) mass is 262 g/mol. The van der Waals surface area contributed by atoms with Gasteiger partial charge in [0.15, 0.2) is 10.8 Å². The van der Waals surface area contributed by atoms with Crippen LogP contribution in [0.3, 0.4) is 0 Å². The summed E-state index contributed by atoms with van der Waals surface area (Å²) in [6.07, 6.45) is 1.98. The van der Waals surface area contributed by atoms with E-state index in [1.54, 1.807) is 16.0 Å². The molecule has 0 radical (unpaired) electrons. The number of nitrogens with zero attached hydrogens (tertiary/aromatic N) is 6. The van der Waals surface area contributed by atoms with Crippen LogP contribution in [0.4, 0.5) is 0 Å². The predicted molar refractivity (Wildman–Crippen MR) is 69.7 cm³/mol. The molecule has 0 atom stereocenters. The molecule has 0 aromatic carbocycles. The molecule has 18 heavy (non-hydrogen) atoms. The fourth-order valence-electron chi connectivity index (χ4n) is 1.91. The highest BCUT2D eigenvalue weighted by atomic mass is 32.1. The Morgan fingerprint density at radius 1 is 1.22 bits per heavy atom. The lowest BCUT2D eigenvalue weighted by atomic mass is 10.2. The topological polar surface area (TPSA) is 60.9 Å². The van der Waals surface area contributed by atoms with Gasteiger partial charge >= 0.3 is 0 Å². The van der Waals surface area contributed by atoms with Gasteiger partial charge in [0.05, 0.1) is 11.3 Å². The summed E-state index contributed by atoms with van der Waals surface area (Å²) in [4.78, 5) is 0.831. The highest BCUT2D eigenvalue weighted by molar-refractivity contribution is 7.19. The van der Waals surface area contributed by atoms with E-state index in [0.29, 0.717) is 5.92 Å². The van der Waals surface area contributed by atoms with Crippen LogP contribution >= 0.6 is 11.3 Å². The van der Waals surface area contributed by atoms with Gasteiger partial charge in [0.25, 0.3) is 0 Å². The van der Waals surface area contributed by atoms with Crippen LogP contribution in [0.15, 0.2) is 6.20 Å². The number of fused-ring (bicyclic) bond motifs is 1. The first-order valence-corrected chi connectivity index (χ1v) is 6.60. The quantitative estimate of drug-likeness (QED) is 0.709. The van der Waals surface area contributed by atoms with E-state index in [2.05, 4.69) is 34.2 Å². The second-order valence-electron chi connectivity index (χ2n) is 4.62. The standard InChI is InChI=1S/C11H14N6S/c1-6(2)9-12-13-11-17(9)15-10(18-11)8-5-16(4)14-7(8)3/h5-6H,1-4H3. The zero-order valence-corrected chi connectivity index (χ0v) is 11.6. The Kier molecular flexibility index (Phi) is 2.44. The molecule has 0 amide bonds. The number of rotatable bonds is 2. The summed E-state index contributed by atoms with van der Waals surface area (Å²) in [7, 11) is 1.91. The van der Waals surface area contributed by atoms with Crippen molar-refractivity contribution in [3.05, 3.63) is 17.7 Å². The van der Waals surface area contributed by atoms with Gasteiger partial charge in [-0.05, 0) is 6.92 Å². The first-order chi connectivity index (χ1) is 8.56. The van der Waals surface area contributed by atoms with Gasteiger partial charge in [-0.1, -0.05) is 25.2 Å². The average molecular weight is 262 g/mol. The largest absolute Gasteiger partial charge is 0.275 e. The van der Waals surface area contributed by atoms with Crippen LogP contribution in [-0.2, 0) is 7.05 Å². The summed E-state index contributed by atoms with van der Waals surface area (Å²) in [5.74, 6) is 1.21. The third-order valence-corrected chi connectivity index (χ3v) is 3.71. The van der Waals surface area contributed by atoms with Gasteiger partial charge in [0, 0.05) is 19.2 Å². The molecule has 3 heterocycles. The van der Waals surface area contributed by atoms with E-state index in [1.165, 1.54) is 0 Å². The van der Waals surface area contributed by atoms with Gasteiger partial charge in [-0.2, -0.15) is 14.7 Å². The smallest absolute Gasteiger partial charge is 0.234 e. The Morgan fingerprint density at radius 3 is 2.61 bits per heavy atom. The van der Waals surface area contributed by atoms with Crippen molar-refractivity contribution >= 4 is 16.3 Å². The van der Waals surface area contributed by atoms with Gasteiger partial charge in [-0.15, -0.1) is 10.2 Å². The van der Waals surface area contributed by atoms with Crippen molar-refractivity contribution in [2.75, 3.05) is 0 Å². The van der Waals surface area contributed by atoms with Crippen LogP contribution in [0.5, 0.6) is 0 Å². The maximum Gasteiger partial charge on any atom is 0.234 e. The Balaban J connectivity index is 2.17. The predicted octanol–water partition coefficient (Wildman–Crippen LogP) is 2.02. The molecule has 0 fully saturated rings. The molecule has 3 rings (SSSR count). The Bertz CT molecular complexity index is 704. The second kappa shape index (κ2) is 3.88. The lowest BCUT2D eigenvalue weighted by Gasteiger charge is -1.97. The van der Waals surface area contributed by atoms with E-state index in [1.807, 2.05) is 24.7 Å². The third-order valence-electron chi connectivity index (χ3n) is 2.78. The SMILES string of the molecule is Cc1nn(C)cc1-c1nn2c(C(C)C)nnc2s1. The molecule has 94 valence electrons. The molecule has 0 aliphatic carbocycles. The van der Waals surface area contributed by atoms with Crippen molar-refractivity contribution in [1.82, 2.24) is 29.6 Å². The van der Waals surface area contributed by atoms with Gasteiger partial charge in [0.2, 0.25) is 4.96 Å². The van der Waals surface area contributed by atoms with Gasteiger partial charge in [-0.3, -0.25) is 4.68 Å². The van der Waals surface area contributed by atoms with E-state index in [4.69, 9.17) is 0 Å². The zero-order valence-electron chi connectivity index (χ0n) is 10.7.